The second kappa shape index (κ2) is 8.48. The maximum Gasteiger partial charge on any atom is 0.277 e. The van der Waals surface area contributed by atoms with E-state index in [0.717, 1.165) is 52.4 Å². The second-order valence-corrected chi connectivity index (χ2v) is 9.04. The van der Waals surface area contributed by atoms with Gasteiger partial charge in [-0.2, -0.15) is 5.10 Å². The van der Waals surface area contributed by atoms with Gasteiger partial charge in [-0.3, -0.25) is 14.8 Å². The van der Waals surface area contributed by atoms with Crippen LogP contribution in [0.4, 0.5) is 5.69 Å². The van der Waals surface area contributed by atoms with Crippen molar-refractivity contribution in [2.45, 2.75) is 38.1 Å². The summed E-state index contributed by atoms with van der Waals surface area (Å²) in [5.74, 6) is 1.17. The average molecular weight is 455 g/mol. The van der Waals surface area contributed by atoms with Gasteiger partial charge >= 0.3 is 0 Å². The highest BCUT2D eigenvalue weighted by Gasteiger charge is 2.45. The van der Waals surface area contributed by atoms with Crippen molar-refractivity contribution in [1.82, 2.24) is 15.4 Å². The van der Waals surface area contributed by atoms with Crippen molar-refractivity contribution in [2.24, 2.45) is 5.92 Å². The number of carbonyl (C=O) groups is 1. The number of hydrogen-bond donors (Lipinski definition) is 1. The van der Waals surface area contributed by atoms with E-state index in [9.17, 15) is 4.79 Å². The Kier molecular flexibility index (Phi) is 5.17. The molecule has 7 heteroatoms. The van der Waals surface area contributed by atoms with Gasteiger partial charge in [-0.15, -0.1) is 0 Å². The van der Waals surface area contributed by atoms with Crippen molar-refractivity contribution in [3.05, 3.63) is 72.1 Å². The van der Waals surface area contributed by atoms with E-state index in [2.05, 4.69) is 15.4 Å². The van der Waals surface area contributed by atoms with Crippen LogP contribution in [0.2, 0.25) is 0 Å². The molecule has 7 nitrogen and oxygen atoms in total. The van der Waals surface area contributed by atoms with Gasteiger partial charge in [0, 0.05) is 28.4 Å². The average Bonchev–Trinajstić information content (AvgIpc) is 3.63. The van der Waals surface area contributed by atoms with Crippen molar-refractivity contribution in [2.75, 3.05) is 12.0 Å². The number of fused-ring (bicyclic) bond motifs is 1. The molecule has 0 saturated heterocycles. The Morgan fingerprint density at radius 3 is 2.38 bits per heavy atom. The summed E-state index contributed by atoms with van der Waals surface area (Å²) in [6.07, 6.45) is 7.43. The molecule has 2 aliphatic rings. The molecular weight excluding hydrogens is 428 g/mol. The predicted molar refractivity (Wildman–Crippen MR) is 129 cm³/mol. The summed E-state index contributed by atoms with van der Waals surface area (Å²) in [7, 11) is 1.66. The molecule has 0 bridgehead atoms. The van der Waals surface area contributed by atoms with Crippen LogP contribution in [0.3, 0.4) is 0 Å². The van der Waals surface area contributed by atoms with Crippen LogP contribution in [-0.2, 0) is 0 Å². The molecule has 0 radical (unpaired) electrons. The van der Waals surface area contributed by atoms with E-state index in [0.29, 0.717) is 11.6 Å². The molecule has 3 heterocycles. The van der Waals surface area contributed by atoms with Crippen molar-refractivity contribution in [3.8, 4) is 28.3 Å². The van der Waals surface area contributed by atoms with E-state index in [1.54, 1.807) is 13.4 Å². The molecule has 34 heavy (non-hydrogen) atoms. The molecule has 4 aromatic rings. The Morgan fingerprint density at radius 1 is 0.971 bits per heavy atom. The summed E-state index contributed by atoms with van der Waals surface area (Å²) >= 11 is 0. The number of carbonyl (C=O) groups excluding carboxylic acids is 1. The molecule has 1 fully saturated rings. The van der Waals surface area contributed by atoms with Crippen molar-refractivity contribution >= 4 is 11.6 Å². The largest absolute Gasteiger partial charge is 0.497 e. The highest BCUT2D eigenvalue weighted by molar-refractivity contribution is 6.11. The van der Waals surface area contributed by atoms with Gasteiger partial charge in [0.15, 0.2) is 0 Å². The third-order valence-electron chi connectivity index (χ3n) is 7.15. The highest BCUT2D eigenvalue weighted by atomic mass is 16.5. The normalized spacial score (nSPS) is 18.3. The quantitative estimate of drug-likeness (QED) is 0.398. The molecule has 2 aromatic heterocycles. The highest BCUT2D eigenvalue weighted by Crippen LogP contribution is 2.49. The Balaban J connectivity index is 1.42. The maximum absolute atomic E-state index is 13.7. The van der Waals surface area contributed by atoms with Gasteiger partial charge in [-0.25, -0.2) is 0 Å². The Hall–Kier alpha value is -3.87. The first-order valence-electron chi connectivity index (χ1n) is 11.8. The van der Waals surface area contributed by atoms with E-state index in [1.807, 2.05) is 59.5 Å². The van der Waals surface area contributed by atoms with Crippen LogP contribution in [-0.4, -0.2) is 28.4 Å². The zero-order valence-corrected chi connectivity index (χ0v) is 19.0. The number of nitrogens with zero attached hydrogens (tertiary/aromatic N) is 3. The number of ether oxygens (including phenoxy) is 1. The van der Waals surface area contributed by atoms with E-state index in [4.69, 9.17) is 9.26 Å². The van der Waals surface area contributed by atoms with E-state index < -0.39 is 0 Å². The van der Waals surface area contributed by atoms with Gasteiger partial charge in [0.1, 0.15) is 23.4 Å². The standard InChI is InChI=1S/C27H26N4O3/c1-33-21-13-9-18(10-14-21)24-23-25(29-28-24)27(32)31(26(23)19-5-3-2-4-6-19)20-11-7-17(8-12-20)22-15-16-34-30-22/h7-16,19,26H,2-6H2,1H3,(H,28,29). The van der Waals surface area contributed by atoms with Gasteiger partial charge in [-0.1, -0.05) is 36.6 Å². The summed E-state index contributed by atoms with van der Waals surface area (Å²) in [5.41, 5.74) is 6.07. The molecule has 1 aliphatic heterocycles. The topological polar surface area (TPSA) is 84.2 Å². The minimum Gasteiger partial charge on any atom is -0.497 e. The predicted octanol–water partition coefficient (Wildman–Crippen LogP) is 6.02. The molecule has 1 atom stereocenters. The molecule has 1 unspecified atom stereocenters. The van der Waals surface area contributed by atoms with Gasteiger partial charge in [-0.05, 0) is 55.2 Å². The van der Waals surface area contributed by atoms with Crippen LogP contribution in [0.5, 0.6) is 5.75 Å². The first kappa shape index (κ1) is 20.7. The molecule has 1 aliphatic carbocycles. The summed E-state index contributed by atoms with van der Waals surface area (Å²) in [4.78, 5) is 15.7. The van der Waals surface area contributed by atoms with Crippen molar-refractivity contribution in [1.29, 1.82) is 0 Å². The zero-order chi connectivity index (χ0) is 23.1. The van der Waals surface area contributed by atoms with E-state index in [-0.39, 0.29) is 11.9 Å². The molecular formula is C27H26N4O3. The number of aromatic nitrogens is 3. The van der Waals surface area contributed by atoms with Crippen LogP contribution in [0.25, 0.3) is 22.5 Å². The van der Waals surface area contributed by atoms with Gasteiger partial charge in [0.2, 0.25) is 0 Å². The monoisotopic (exact) mass is 454 g/mol. The number of amides is 1. The first-order valence-corrected chi connectivity index (χ1v) is 11.8. The fraction of sp³-hybridized carbons (Fsp3) is 0.296. The molecule has 1 N–H and O–H groups in total. The smallest absolute Gasteiger partial charge is 0.277 e. The Labute approximate surface area is 197 Å². The van der Waals surface area contributed by atoms with Crippen molar-refractivity contribution < 1.29 is 14.1 Å². The van der Waals surface area contributed by atoms with Crippen LogP contribution in [0, 0.1) is 5.92 Å². The molecule has 0 spiro atoms. The number of anilines is 1. The lowest BCUT2D eigenvalue weighted by Gasteiger charge is -2.35. The summed E-state index contributed by atoms with van der Waals surface area (Å²) < 4.78 is 10.3. The molecule has 2 aromatic carbocycles. The second-order valence-electron chi connectivity index (χ2n) is 9.04. The number of H-pyrrole nitrogens is 1. The number of hydrogen-bond acceptors (Lipinski definition) is 5. The molecule has 6 rings (SSSR count). The first-order chi connectivity index (χ1) is 16.7. The lowest BCUT2D eigenvalue weighted by atomic mass is 9.80. The van der Waals surface area contributed by atoms with E-state index >= 15 is 0 Å². The Bertz CT molecular complexity index is 1290. The lowest BCUT2D eigenvalue weighted by Crippen LogP contribution is -2.33. The molecule has 1 saturated carbocycles. The Morgan fingerprint density at radius 2 is 1.71 bits per heavy atom. The fourth-order valence-corrected chi connectivity index (χ4v) is 5.47. The number of nitrogens with one attached hydrogen (secondary N) is 1. The molecule has 1 amide bonds. The van der Waals surface area contributed by atoms with Gasteiger partial charge in [0.05, 0.1) is 18.8 Å². The third-order valence-corrected chi connectivity index (χ3v) is 7.15. The number of benzene rings is 2. The third kappa shape index (κ3) is 3.39. The number of methoxy groups -OCH3 is 1. The van der Waals surface area contributed by atoms with Crippen LogP contribution >= 0.6 is 0 Å². The summed E-state index contributed by atoms with van der Waals surface area (Å²) in [5, 5.41) is 11.7. The fourth-order valence-electron chi connectivity index (χ4n) is 5.47. The lowest BCUT2D eigenvalue weighted by molar-refractivity contribution is 0.0977. The molecule has 172 valence electrons. The van der Waals surface area contributed by atoms with Crippen LogP contribution in [0.15, 0.2) is 65.4 Å². The summed E-state index contributed by atoms with van der Waals surface area (Å²) in [6, 6.07) is 17.7. The number of rotatable bonds is 5. The van der Waals surface area contributed by atoms with Crippen molar-refractivity contribution in [3.63, 3.8) is 0 Å². The van der Waals surface area contributed by atoms with Crippen LogP contribution in [0.1, 0.15) is 54.2 Å². The SMILES string of the molecule is COc1ccc(-c2n[nH]c3c2C(C2CCCCC2)N(c2ccc(-c4ccon4)cc2)C3=O)cc1. The van der Waals surface area contributed by atoms with Gasteiger partial charge < -0.3 is 9.26 Å². The summed E-state index contributed by atoms with van der Waals surface area (Å²) in [6.45, 7) is 0. The van der Waals surface area contributed by atoms with E-state index in [1.165, 1.54) is 19.3 Å². The number of aromatic amines is 1. The minimum absolute atomic E-state index is 0.0213. The van der Waals surface area contributed by atoms with Gasteiger partial charge in [0.25, 0.3) is 5.91 Å². The minimum atomic E-state index is -0.0449. The van der Waals surface area contributed by atoms with Crippen LogP contribution < -0.4 is 9.64 Å². The zero-order valence-electron chi connectivity index (χ0n) is 19.0. The maximum atomic E-state index is 13.7.